The minimum absolute atomic E-state index is 0.223. The molecular formula is C18H15N3O5. The first-order valence-corrected chi connectivity index (χ1v) is 7.70. The van der Waals surface area contributed by atoms with E-state index in [0.29, 0.717) is 22.4 Å². The van der Waals surface area contributed by atoms with Crippen LogP contribution in [0.5, 0.6) is 0 Å². The number of carbonyl (C=O) groups excluding carboxylic acids is 3. The quantitative estimate of drug-likeness (QED) is 0.693. The number of aromatic nitrogens is 1. The van der Waals surface area contributed by atoms with Gasteiger partial charge in [-0.3, -0.25) is 10.1 Å². The largest absolute Gasteiger partial charge is 0.463 e. The summed E-state index contributed by atoms with van der Waals surface area (Å²) in [4.78, 5) is 39.5. The van der Waals surface area contributed by atoms with Gasteiger partial charge in [-0.05, 0) is 31.2 Å². The molecule has 132 valence electrons. The fourth-order valence-corrected chi connectivity index (χ4v) is 2.40. The van der Waals surface area contributed by atoms with Crippen molar-refractivity contribution in [3.63, 3.8) is 0 Å². The normalized spacial score (nSPS) is 11.7. The van der Waals surface area contributed by atoms with Crippen LogP contribution in [0.3, 0.4) is 0 Å². The van der Waals surface area contributed by atoms with Crippen LogP contribution in [0.15, 0.2) is 53.1 Å². The number of pyridine rings is 1. The topological polar surface area (TPSA) is 125 Å². The lowest BCUT2D eigenvalue weighted by molar-refractivity contribution is -0.127. The zero-order valence-corrected chi connectivity index (χ0v) is 13.8. The Bertz CT molecular complexity index is 982. The molecule has 0 spiro atoms. The number of urea groups is 1. The van der Waals surface area contributed by atoms with Crippen LogP contribution in [-0.2, 0) is 9.53 Å². The number of imide groups is 1. The fraction of sp³-hybridized carbons (Fsp3) is 0.111. The number of furan rings is 1. The second-order valence-electron chi connectivity index (χ2n) is 5.45. The first kappa shape index (κ1) is 17.2. The summed E-state index contributed by atoms with van der Waals surface area (Å²) in [6, 6.07) is 11.0. The highest BCUT2D eigenvalue weighted by Crippen LogP contribution is 2.26. The van der Waals surface area contributed by atoms with E-state index in [-0.39, 0.29) is 5.56 Å². The van der Waals surface area contributed by atoms with Crippen LogP contribution in [0.2, 0.25) is 0 Å². The molecule has 3 amide bonds. The monoisotopic (exact) mass is 353 g/mol. The first-order chi connectivity index (χ1) is 12.5. The van der Waals surface area contributed by atoms with E-state index in [1.165, 1.54) is 19.3 Å². The van der Waals surface area contributed by atoms with Gasteiger partial charge in [0.15, 0.2) is 11.9 Å². The Morgan fingerprint density at radius 3 is 2.65 bits per heavy atom. The minimum Gasteiger partial charge on any atom is -0.463 e. The van der Waals surface area contributed by atoms with Gasteiger partial charge in [-0.25, -0.2) is 14.6 Å². The molecule has 0 radical (unpaired) electrons. The molecule has 0 unspecified atom stereocenters. The van der Waals surface area contributed by atoms with Crippen LogP contribution < -0.4 is 11.1 Å². The van der Waals surface area contributed by atoms with E-state index in [0.717, 1.165) is 0 Å². The van der Waals surface area contributed by atoms with Gasteiger partial charge in [0.05, 0.1) is 17.3 Å². The van der Waals surface area contributed by atoms with Crippen LogP contribution >= 0.6 is 0 Å². The molecule has 0 fully saturated rings. The van der Waals surface area contributed by atoms with Crippen LogP contribution in [-0.4, -0.2) is 29.0 Å². The number of fused-ring (bicyclic) bond motifs is 1. The number of hydrogen-bond acceptors (Lipinski definition) is 6. The highest BCUT2D eigenvalue weighted by Gasteiger charge is 2.22. The number of amides is 3. The molecule has 0 saturated carbocycles. The Labute approximate surface area is 147 Å². The molecule has 0 saturated heterocycles. The predicted molar refractivity (Wildman–Crippen MR) is 92.0 cm³/mol. The summed E-state index contributed by atoms with van der Waals surface area (Å²) in [7, 11) is 0. The van der Waals surface area contributed by atoms with Gasteiger partial charge in [0, 0.05) is 5.39 Å². The molecule has 0 aliphatic carbocycles. The smallest absolute Gasteiger partial charge is 0.339 e. The van der Waals surface area contributed by atoms with E-state index < -0.39 is 24.0 Å². The summed E-state index contributed by atoms with van der Waals surface area (Å²) < 4.78 is 10.5. The molecule has 0 aliphatic rings. The average molecular weight is 353 g/mol. The third-order valence-corrected chi connectivity index (χ3v) is 3.61. The molecule has 3 N–H and O–H groups in total. The van der Waals surface area contributed by atoms with Crippen molar-refractivity contribution in [2.45, 2.75) is 13.0 Å². The van der Waals surface area contributed by atoms with E-state index in [4.69, 9.17) is 14.9 Å². The van der Waals surface area contributed by atoms with Gasteiger partial charge in [0.1, 0.15) is 5.69 Å². The van der Waals surface area contributed by atoms with E-state index in [1.54, 1.807) is 36.4 Å². The SMILES string of the molecule is C[C@@H](OC(=O)c1cc(-c2ccco2)nc2ccccc12)C(=O)NC(N)=O. The lowest BCUT2D eigenvalue weighted by Crippen LogP contribution is -2.42. The average Bonchev–Trinajstić information content (AvgIpc) is 3.14. The van der Waals surface area contributed by atoms with E-state index in [1.807, 2.05) is 5.32 Å². The molecular weight excluding hydrogens is 338 g/mol. The van der Waals surface area contributed by atoms with Crippen molar-refractivity contribution in [2.75, 3.05) is 0 Å². The summed E-state index contributed by atoms with van der Waals surface area (Å²) in [5, 5.41) is 2.43. The maximum Gasteiger partial charge on any atom is 0.339 e. The number of para-hydroxylation sites is 1. The van der Waals surface area contributed by atoms with Gasteiger partial charge in [0.25, 0.3) is 5.91 Å². The molecule has 0 aliphatic heterocycles. The van der Waals surface area contributed by atoms with E-state index >= 15 is 0 Å². The minimum atomic E-state index is -1.20. The number of benzene rings is 1. The molecule has 2 heterocycles. The summed E-state index contributed by atoms with van der Waals surface area (Å²) in [5.74, 6) is -1.05. The predicted octanol–water partition coefficient (Wildman–Crippen LogP) is 2.23. The van der Waals surface area contributed by atoms with E-state index in [9.17, 15) is 14.4 Å². The zero-order valence-electron chi connectivity index (χ0n) is 13.8. The van der Waals surface area contributed by atoms with Crippen molar-refractivity contribution in [3.8, 4) is 11.5 Å². The van der Waals surface area contributed by atoms with Crippen molar-refractivity contribution >= 4 is 28.8 Å². The summed E-state index contributed by atoms with van der Waals surface area (Å²) in [5.41, 5.74) is 6.14. The van der Waals surface area contributed by atoms with Gasteiger partial charge in [0.2, 0.25) is 0 Å². The lowest BCUT2D eigenvalue weighted by atomic mass is 10.1. The number of nitrogens with one attached hydrogen (secondary N) is 1. The van der Waals surface area contributed by atoms with Crippen LogP contribution in [0, 0.1) is 0 Å². The van der Waals surface area contributed by atoms with Gasteiger partial charge in [-0.15, -0.1) is 0 Å². The Morgan fingerprint density at radius 1 is 1.19 bits per heavy atom. The third kappa shape index (κ3) is 3.54. The van der Waals surface area contributed by atoms with Gasteiger partial charge in [-0.1, -0.05) is 18.2 Å². The number of hydrogen-bond donors (Lipinski definition) is 2. The zero-order chi connectivity index (χ0) is 18.7. The van der Waals surface area contributed by atoms with Crippen LogP contribution in [0.4, 0.5) is 4.79 Å². The Morgan fingerprint density at radius 2 is 1.96 bits per heavy atom. The maximum atomic E-state index is 12.6. The second kappa shape index (κ2) is 7.06. The first-order valence-electron chi connectivity index (χ1n) is 7.70. The van der Waals surface area contributed by atoms with Crippen molar-refractivity contribution in [1.29, 1.82) is 0 Å². The van der Waals surface area contributed by atoms with E-state index in [2.05, 4.69) is 4.98 Å². The van der Waals surface area contributed by atoms with Gasteiger partial charge in [-0.2, -0.15) is 0 Å². The summed E-state index contributed by atoms with van der Waals surface area (Å²) >= 11 is 0. The molecule has 8 heteroatoms. The maximum absolute atomic E-state index is 12.6. The fourth-order valence-electron chi connectivity index (χ4n) is 2.40. The van der Waals surface area contributed by atoms with Crippen LogP contribution in [0.25, 0.3) is 22.4 Å². The number of ether oxygens (including phenoxy) is 1. The number of rotatable bonds is 4. The standard InChI is InChI=1S/C18H15N3O5/c1-10(16(22)21-18(19)24)26-17(23)12-9-14(15-7-4-8-25-15)20-13-6-3-2-5-11(12)13/h2-10H,1H3,(H3,19,21,22,24)/t10-/m1/s1. The molecule has 0 bridgehead atoms. The molecule has 1 aromatic carbocycles. The number of nitrogens with two attached hydrogens (primary N) is 1. The molecule has 2 aromatic heterocycles. The highest BCUT2D eigenvalue weighted by molar-refractivity contribution is 6.05. The number of esters is 1. The molecule has 26 heavy (non-hydrogen) atoms. The highest BCUT2D eigenvalue weighted by atomic mass is 16.5. The number of primary amides is 1. The molecule has 3 aromatic rings. The summed E-state index contributed by atoms with van der Waals surface area (Å²) in [6.45, 7) is 1.34. The molecule has 1 atom stereocenters. The number of carbonyl (C=O) groups is 3. The van der Waals surface area contributed by atoms with Crippen molar-refractivity contribution in [2.24, 2.45) is 5.73 Å². The third-order valence-electron chi connectivity index (χ3n) is 3.61. The van der Waals surface area contributed by atoms with Crippen molar-refractivity contribution < 1.29 is 23.5 Å². The molecule has 8 nitrogen and oxygen atoms in total. The van der Waals surface area contributed by atoms with Crippen molar-refractivity contribution in [3.05, 3.63) is 54.3 Å². The van der Waals surface area contributed by atoms with Gasteiger partial charge < -0.3 is 14.9 Å². The lowest BCUT2D eigenvalue weighted by Gasteiger charge is -2.13. The Kier molecular flexibility index (Phi) is 4.66. The Hall–Kier alpha value is -3.68. The molecule has 3 rings (SSSR count). The van der Waals surface area contributed by atoms with Crippen LogP contribution in [0.1, 0.15) is 17.3 Å². The summed E-state index contributed by atoms with van der Waals surface area (Å²) in [6.07, 6.45) is 0.300. The Balaban J connectivity index is 1.96. The number of nitrogens with zero attached hydrogens (tertiary/aromatic N) is 1. The van der Waals surface area contributed by atoms with Gasteiger partial charge >= 0.3 is 12.0 Å². The second-order valence-corrected chi connectivity index (χ2v) is 5.45. The van der Waals surface area contributed by atoms with Crippen molar-refractivity contribution in [1.82, 2.24) is 10.3 Å².